The number of nitrogen functional groups attached to an aromatic ring is 1. The van der Waals surface area contributed by atoms with Crippen molar-refractivity contribution < 1.29 is 9.63 Å². The van der Waals surface area contributed by atoms with Crippen molar-refractivity contribution in [3.63, 3.8) is 0 Å². The fourth-order valence-corrected chi connectivity index (χ4v) is 2.10. The molecule has 1 aromatic carbocycles. The zero-order valence-corrected chi connectivity index (χ0v) is 14.3. The van der Waals surface area contributed by atoms with E-state index >= 15 is 0 Å². The summed E-state index contributed by atoms with van der Waals surface area (Å²) in [7, 11) is 1.42. The number of oxime groups is 1. The molecule has 0 aliphatic heterocycles. The number of nitrogens with zero attached hydrogens (tertiary/aromatic N) is 5. The van der Waals surface area contributed by atoms with Crippen LogP contribution >= 0.6 is 0 Å². The molecule has 10 nitrogen and oxygen atoms in total. The molecule has 0 spiro atoms. The topological polar surface area (TPSA) is 140 Å². The quantitative estimate of drug-likeness (QED) is 0.444. The van der Waals surface area contributed by atoms with E-state index in [1.54, 1.807) is 24.3 Å². The predicted molar refractivity (Wildman–Crippen MR) is 101 cm³/mol. The molecular weight excluding hydrogens is 348 g/mol. The van der Waals surface area contributed by atoms with Gasteiger partial charge in [0, 0.05) is 5.56 Å². The van der Waals surface area contributed by atoms with Crippen LogP contribution in [0.1, 0.15) is 15.9 Å². The van der Waals surface area contributed by atoms with Crippen molar-refractivity contribution in [2.45, 2.75) is 0 Å². The van der Waals surface area contributed by atoms with Crippen LogP contribution in [-0.2, 0) is 4.84 Å². The molecule has 10 heteroatoms. The molecule has 27 heavy (non-hydrogen) atoms. The molecule has 3 aromatic rings. The molecule has 0 saturated carbocycles. The molecule has 0 unspecified atom stereocenters. The number of nitrogens with one attached hydrogen (secondary N) is 2. The first-order chi connectivity index (χ1) is 13.2. The van der Waals surface area contributed by atoms with Gasteiger partial charge in [-0.1, -0.05) is 23.4 Å². The highest BCUT2D eigenvalue weighted by atomic mass is 16.6. The van der Waals surface area contributed by atoms with E-state index < -0.39 is 0 Å². The van der Waals surface area contributed by atoms with Gasteiger partial charge in [-0.05, 0) is 12.1 Å². The summed E-state index contributed by atoms with van der Waals surface area (Å²) in [6, 6.07) is 8.79. The van der Waals surface area contributed by atoms with Crippen LogP contribution < -0.4 is 16.4 Å². The van der Waals surface area contributed by atoms with Crippen LogP contribution in [0.25, 0.3) is 0 Å². The van der Waals surface area contributed by atoms with Gasteiger partial charge < -0.3 is 15.9 Å². The number of hydrogen-bond donors (Lipinski definition) is 3. The molecule has 136 valence electrons. The Bertz CT molecular complexity index is 945. The number of benzene rings is 1. The number of nitrogens with two attached hydrogens (primary N) is 1. The first kappa shape index (κ1) is 17.7. The lowest BCUT2D eigenvalue weighted by molar-refractivity contribution is 0.102. The van der Waals surface area contributed by atoms with Gasteiger partial charge in [0.05, 0.1) is 29.9 Å². The van der Waals surface area contributed by atoms with Gasteiger partial charge in [0.25, 0.3) is 5.91 Å². The number of amides is 1. The Hall–Kier alpha value is -4.08. The van der Waals surface area contributed by atoms with Gasteiger partial charge >= 0.3 is 0 Å². The first-order valence-corrected chi connectivity index (χ1v) is 7.80. The normalized spacial score (nSPS) is 10.6. The van der Waals surface area contributed by atoms with E-state index in [2.05, 4.69) is 40.6 Å². The minimum absolute atomic E-state index is 0.178. The van der Waals surface area contributed by atoms with Crippen LogP contribution in [0.15, 0.2) is 54.2 Å². The van der Waals surface area contributed by atoms with Crippen molar-refractivity contribution in [1.29, 1.82) is 0 Å². The number of anilines is 4. The average molecular weight is 364 g/mol. The molecule has 0 fully saturated rings. The lowest BCUT2D eigenvalue weighted by atomic mass is 10.2. The molecule has 0 radical (unpaired) electrons. The van der Waals surface area contributed by atoms with Crippen molar-refractivity contribution in [2.75, 3.05) is 23.5 Å². The molecule has 0 saturated heterocycles. The molecule has 1 amide bonds. The maximum atomic E-state index is 12.1. The standard InChI is InChI=1S/C17H16N8O2/c1-27-23-9-13-14(18)21-10-22-15(13)24-12-7-19-17(20-8-12)25-16(26)11-5-3-2-4-6-11/h2-10H,1H3,(H3,18,21,22,24)(H,19,20,25,26). The van der Waals surface area contributed by atoms with E-state index in [9.17, 15) is 4.79 Å². The molecule has 3 rings (SSSR count). The molecule has 0 aliphatic rings. The van der Waals surface area contributed by atoms with Gasteiger partial charge in [-0.3, -0.25) is 10.1 Å². The summed E-state index contributed by atoms with van der Waals surface area (Å²) in [6.45, 7) is 0. The Kier molecular flexibility index (Phi) is 5.48. The van der Waals surface area contributed by atoms with Crippen LogP contribution in [-0.4, -0.2) is 39.2 Å². The molecule has 4 N–H and O–H groups in total. The van der Waals surface area contributed by atoms with E-state index in [0.29, 0.717) is 22.6 Å². The fraction of sp³-hybridized carbons (Fsp3) is 0.0588. The summed E-state index contributed by atoms with van der Waals surface area (Å²) in [4.78, 5) is 33.0. The number of aromatic nitrogens is 4. The second-order valence-electron chi connectivity index (χ2n) is 5.18. The van der Waals surface area contributed by atoms with E-state index in [1.807, 2.05) is 6.07 Å². The Morgan fingerprint density at radius 3 is 2.59 bits per heavy atom. The monoisotopic (exact) mass is 364 g/mol. The Balaban J connectivity index is 1.72. The van der Waals surface area contributed by atoms with Crippen molar-refractivity contribution in [3.8, 4) is 0 Å². The first-order valence-electron chi connectivity index (χ1n) is 7.80. The smallest absolute Gasteiger partial charge is 0.258 e. The largest absolute Gasteiger partial charge is 0.399 e. The molecule has 0 aliphatic carbocycles. The van der Waals surface area contributed by atoms with E-state index in [1.165, 1.54) is 32.0 Å². The van der Waals surface area contributed by atoms with Crippen LogP contribution in [0.3, 0.4) is 0 Å². The third kappa shape index (κ3) is 4.51. The predicted octanol–water partition coefficient (Wildman–Crippen LogP) is 1.83. The Labute approximate surface area is 154 Å². The molecule has 2 aromatic heterocycles. The summed E-state index contributed by atoms with van der Waals surface area (Å²) in [6.07, 6.45) is 5.72. The minimum atomic E-state index is -0.294. The minimum Gasteiger partial charge on any atom is -0.399 e. The van der Waals surface area contributed by atoms with Gasteiger partial charge in [0.1, 0.15) is 25.1 Å². The van der Waals surface area contributed by atoms with Crippen LogP contribution in [0.2, 0.25) is 0 Å². The number of carbonyl (C=O) groups is 1. The Morgan fingerprint density at radius 1 is 1.15 bits per heavy atom. The van der Waals surface area contributed by atoms with Gasteiger partial charge in [-0.2, -0.15) is 0 Å². The summed E-state index contributed by atoms with van der Waals surface area (Å²) in [5.74, 6) is 0.532. The van der Waals surface area contributed by atoms with Crippen LogP contribution in [0.4, 0.5) is 23.3 Å². The van der Waals surface area contributed by atoms with Gasteiger partial charge in [-0.25, -0.2) is 19.9 Å². The Morgan fingerprint density at radius 2 is 1.89 bits per heavy atom. The average Bonchev–Trinajstić information content (AvgIpc) is 2.70. The zero-order chi connectivity index (χ0) is 19.1. The molecule has 0 atom stereocenters. The lowest BCUT2D eigenvalue weighted by Crippen LogP contribution is -2.14. The summed E-state index contributed by atoms with van der Waals surface area (Å²) in [5.41, 5.74) is 7.35. The third-order valence-corrected chi connectivity index (χ3v) is 3.38. The molecule has 2 heterocycles. The van der Waals surface area contributed by atoms with Gasteiger partial charge in [0.2, 0.25) is 5.95 Å². The SMILES string of the molecule is CON=Cc1c(N)ncnc1Nc1cnc(NC(=O)c2ccccc2)nc1. The molecule has 0 bridgehead atoms. The lowest BCUT2D eigenvalue weighted by Gasteiger charge is -2.09. The van der Waals surface area contributed by atoms with E-state index in [4.69, 9.17) is 5.73 Å². The second kappa shape index (κ2) is 8.34. The molecular formula is C17H16N8O2. The van der Waals surface area contributed by atoms with Gasteiger partial charge in [0.15, 0.2) is 0 Å². The van der Waals surface area contributed by atoms with Crippen LogP contribution in [0.5, 0.6) is 0 Å². The summed E-state index contributed by atoms with van der Waals surface area (Å²) in [5, 5.41) is 9.32. The van der Waals surface area contributed by atoms with Gasteiger partial charge in [-0.15, -0.1) is 0 Å². The van der Waals surface area contributed by atoms with Crippen molar-refractivity contribution in [3.05, 3.63) is 60.2 Å². The van der Waals surface area contributed by atoms with Crippen molar-refractivity contribution >= 4 is 35.4 Å². The summed E-state index contributed by atoms with van der Waals surface area (Å²) < 4.78 is 0. The number of rotatable bonds is 6. The van der Waals surface area contributed by atoms with E-state index in [0.717, 1.165) is 0 Å². The highest BCUT2D eigenvalue weighted by Gasteiger charge is 2.10. The summed E-state index contributed by atoms with van der Waals surface area (Å²) >= 11 is 0. The maximum absolute atomic E-state index is 12.1. The highest BCUT2D eigenvalue weighted by molar-refractivity contribution is 6.03. The van der Waals surface area contributed by atoms with Crippen molar-refractivity contribution in [1.82, 2.24) is 19.9 Å². The van der Waals surface area contributed by atoms with E-state index in [-0.39, 0.29) is 17.7 Å². The number of hydrogen-bond acceptors (Lipinski definition) is 9. The second-order valence-corrected chi connectivity index (χ2v) is 5.18. The van der Waals surface area contributed by atoms with Crippen LogP contribution in [0, 0.1) is 0 Å². The van der Waals surface area contributed by atoms with Crippen molar-refractivity contribution in [2.24, 2.45) is 5.16 Å². The highest BCUT2D eigenvalue weighted by Crippen LogP contribution is 2.19. The zero-order valence-electron chi connectivity index (χ0n) is 14.3. The fourth-order valence-electron chi connectivity index (χ4n) is 2.10. The number of carbonyl (C=O) groups excluding carboxylic acids is 1. The maximum Gasteiger partial charge on any atom is 0.258 e. The third-order valence-electron chi connectivity index (χ3n) is 3.38.